The zero-order valence-corrected chi connectivity index (χ0v) is 17.6. The van der Waals surface area contributed by atoms with E-state index < -0.39 is 16.1 Å². The third-order valence-electron chi connectivity index (χ3n) is 4.65. The molecule has 3 rings (SSSR count). The molecule has 1 fully saturated rings. The van der Waals surface area contributed by atoms with Crippen molar-refractivity contribution in [2.24, 2.45) is 0 Å². The largest absolute Gasteiger partial charge is 0.372 e. The number of hydrogen-bond acceptors (Lipinski definition) is 7. The van der Waals surface area contributed by atoms with Crippen LogP contribution in [-0.4, -0.2) is 37.6 Å². The fourth-order valence-electron chi connectivity index (χ4n) is 3.05. The Kier molecular flexibility index (Phi) is 6.63. The first-order chi connectivity index (χ1) is 13.4. The summed E-state index contributed by atoms with van der Waals surface area (Å²) < 4.78 is 27.6. The Morgan fingerprint density at radius 3 is 2.50 bits per heavy atom. The van der Waals surface area contributed by atoms with Crippen molar-refractivity contribution in [3.63, 3.8) is 0 Å². The first kappa shape index (κ1) is 20.7. The van der Waals surface area contributed by atoms with Gasteiger partial charge < -0.3 is 10.2 Å². The van der Waals surface area contributed by atoms with Gasteiger partial charge >= 0.3 is 0 Å². The Balaban J connectivity index is 1.65. The van der Waals surface area contributed by atoms with Gasteiger partial charge in [-0.15, -0.1) is 10.2 Å². The maximum Gasteiger partial charge on any atom is 0.270 e. The van der Waals surface area contributed by atoms with E-state index >= 15 is 0 Å². The number of benzene rings is 1. The molecule has 28 heavy (non-hydrogen) atoms. The molecule has 1 saturated heterocycles. The van der Waals surface area contributed by atoms with Crippen LogP contribution in [0.1, 0.15) is 51.1 Å². The van der Waals surface area contributed by atoms with Crippen molar-refractivity contribution in [3.8, 4) is 0 Å². The minimum Gasteiger partial charge on any atom is -0.372 e. The van der Waals surface area contributed by atoms with Crippen molar-refractivity contribution in [1.29, 1.82) is 0 Å². The number of piperidine rings is 1. The predicted octanol–water partition coefficient (Wildman–Crippen LogP) is 2.92. The van der Waals surface area contributed by atoms with Crippen LogP contribution >= 0.6 is 11.3 Å². The third-order valence-corrected chi connectivity index (χ3v) is 7.40. The third kappa shape index (κ3) is 5.06. The maximum absolute atomic E-state index is 12.6. The topological polar surface area (TPSA) is 104 Å². The summed E-state index contributed by atoms with van der Waals surface area (Å²) in [5, 5.41) is 10.1. The molecular formula is C18H25N5O3S2. The van der Waals surface area contributed by atoms with Gasteiger partial charge in [-0.2, -0.15) is 0 Å². The van der Waals surface area contributed by atoms with Crippen LogP contribution in [0, 0.1) is 0 Å². The number of sulfonamides is 1. The van der Waals surface area contributed by atoms with Crippen molar-refractivity contribution in [2.75, 3.05) is 23.3 Å². The molecule has 1 unspecified atom stereocenters. The molecule has 1 aliphatic heterocycles. The minimum atomic E-state index is -3.83. The zero-order valence-electron chi connectivity index (χ0n) is 16.0. The molecule has 0 bridgehead atoms. The number of carbonyl (C=O) groups is 1. The van der Waals surface area contributed by atoms with E-state index in [2.05, 4.69) is 25.1 Å². The number of nitrogens with one attached hydrogen (secondary N) is 2. The number of hydrogen-bond donors (Lipinski definition) is 2. The van der Waals surface area contributed by atoms with Gasteiger partial charge in [0.05, 0.1) is 0 Å². The lowest BCUT2D eigenvalue weighted by atomic mass is 10.1. The van der Waals surface area contributed by atoms with Crippen molar-refractivity contribution in [2.45, 2.75) is 49.9 Å². The Morgan fingerprint density at radius 2 is 1.86 bits per heavy atom. The molecule has 152 valence electrons. The Labute approximate surface area is 169 Å². The molecule has 1 aromatic carbocycles. The molecule has 0 aliphatic carbocycles. The van der Waals surface area contributed by atoms with Crippen LogP contribution in [0.5, 0.6) is 0 Å². The summed E-state index contributed by atoms with van der Waals surface area (Å²) in [5.74, 6) is -0.241. The molecular weight excluding hydrogens is 398 g/mol. The van der Waals surface area contributed by atoms with E-state index in [1.165, 1.54) is 24.9 Å². The Bertz CT molecular complexity index is 906. The molecule has 0 radical (unpaired) electrons. The quantitative estimate of drug-likeness (QED) is 0.664. The van der Waals surface area contributed by atoms with Crippen molar-refractivity contribution < 1.29 is 13.2 Å². The highest BCUT2D eigenvalue weighted by molar-refractivity contribution is 7.91. The van der Waals surface area contributed by atoms with E-state index in [-0.39, 0.29) is 21.8 Å². The molecule has 8 nitrogen and oxygen atoms in total. The summed E-state index contributed by atoms with van der Waals surface area (Å²) in [6, 6.07) is 7.55. The van der Waals surface area contributed by atoms with Gasteiger partial charge in [-0.25, -0.2) is 13.1 Å². The first-order valence-corrected chi connectivity index (χ1v) is 11.7. The second kappa shape index (κ2) is 8.97. The van der Waals surface area contributed by atoms with Gasteiger partial charge in [-0.1, -0.05) is 30.4 Å². The van der Waals surface area contributed by atoms with Crippen molar-refractivity contribution in [1.82, 2.24) is 14.9 Å². The summed E-state index contributed by atoms with van der Waals surface area (Å²) in [5.41, 5.74) is 2.03. The maximum atomic E-state index is 12.6. The van der Waals surface area contributed by atoms with Gasteiger partial charge in [0.1, 0.15) is 0 Å². The van der Waals surface area contributed by atoms with Crippen LogP contribution in [0.2, 0.25) is 0 Å². The van der Waals surface area contributed by atoms with Crippen LogP contribution < -0.4 is 14.9 Å². The molecule has 1 amide bonds. The highest BCUT2D eigenvalue weighted by Crippen LogP contribution is 2.25. The van der Waals surface area contributed by atoms with Crippen molar-refractivity contribution >= 4 is 38.1 Å². The number of amides is 1. The molecule has 1 aromatic heterocycles. The Morgan fingerprint density at radius 1 is 1.18 bits per heavy atom. The molecule has 10 heteroatoms. The van der Waals surface area contributed by atoms with E-state index in [1.54, 1.807) is 13.8 Å². The number of rotatable bonds is 7. The van der Waals surface area contributed by atoms with Gasteiger partial charge in [0.2, 0.25) is 15.4 Å². The zero-order chi connectivity index (χ0) is 20.1. The molecule has 2 aromatic rings. The average Bonchev–Trinajstić information content (AvgIpc) is 3.18. The molecule has 1 atom stereocenters. The van der Waals surface area contributed by atoms with Crippen LogP contribution in [0.3, 0.4) is 0 Å². The van der Waals surface area contributed by atoms with Crippen LogP contribution in [0.15, 0.2) is 28.6 Å². The average molecular weight is 424 g/mol. The number of nitrogens with zero attached hydrogens (tertiary/aromatic N) is 3. The Hall–Kier alpha value is -2.04. The molecule has 2 N–H and O–H groups in total. The fraction of sp³-hybridized carbons (Fsp3) is 0.500. The van der Waals surface area contributed by atoms with E-state index in [1.807, 2.05) is 24.3 Å². The SMILES string of the molecule is CCC(=O)Nc1nnc(S(=O)(=O)NC(C)c2ccc(N3CCCCC3)cc2)s1. The molecule has 2 heterocycles. The lowest BCUT2D eigenvalue weighted by Gasteiger charge is -2.29. The van der Waals surface area contributed by atoms with E-state index in [9.17, 15) is 13.2 Å². The normalized spacial score (nSPS) is 16.0. The molecule has 1 aliphatic rings. The second-order valence-corrected chi connectivity index (χ2v) is 9.62. The first-order valence-electron chi connectivity index (χ1n) is 9.39. The lowest BCUT2D eigenvalue weighted by Crippen LogP contribution is -2.29. The lowest BCUT2D eigenvalue weighted by molar-refractivity contribution is -0.115. The summed E-state index contributed by atoms with van der Waals surface area (Å²) in [6.07, 6.45) is 3.98. The smallest absolute Gasteiger partial charge is 0.270 e. The molecule has 0 saturated carbocycles. The molecule has 0 spiro atoms. The summed E-state index contributed by atoms with van der Waals surface area (Å²) >= 11 is 0.831. The second-order valence-electron chi connectivity index (χ2n) is 6.76. The monoisotopic (exact) mass is 423 g/mol. The van der Waals surface area contributed by atoms with Gasteiger partial charge in [0.25, 0.3) is 10.0 Å². The number of carbonyl (C=O) groups excluding carboxylic acids is 1. The number of aromatic nitrogens is 2. The van der Waals surface area contributed by atoms with Crippen molar-refractivity contribution in [3.05, 3.63) is 29.8 Å². The highest BCUT2D eigenvalue weighted by Gasteiger charge is 2.24. The predicted molar refractivity (Wildman–Crippen MR) is 110 cm³/mol. The van der Waals surface area contributed by atoms with Crippen LogP contribution in [0.4, 0.5) is 10.8 Å². The van der Waals surface area contributed by atoms with Crippen LogP contribution in [-0.2, 0) is 14.8 Å². The summed E-state index contributed by atoms with van der Waals surface area (Å²) in [4.78, 5) is 13.8. The van der Waals surface area contributed by atoms with Gasteiger partial charge in [-0.05, 0) is 43.9 Å². The van der Waals surface area contributed by atoms with E-state index in [0.717, 1.165) is 30.0 Å². The van der Waals surface area contributed by atoms with Gasteiger partial charge in [0, 0.05) is 31.2 Å². The van der Waals surface area contributed by atoms with E-state index in [0.29, 0.717) is 0 Å². The fourth-order valence-corrected chi connectivity index (χ4v) is 5.22. The van der Waals surface area contributed by atoms with E-state index in [4.69, 9.17) is 0 Å². The summed E-state index contributed by atoms with van der Waals surface area (Å²) in [7, 11) is -3.83. The van der Waals surface area contributed by atoms with Gasteiger partial charge in [-0.3, -0.25) is 4.79 Å². The number of anilines is 2. The van der Waals surface area contributed by atoms with Crippen LogP contribution in [0.25, 0.3) is 0 Å². The highest BCUT2D eigenvalue weighted by atomic mass is 32.2. The standard InChI is InChI=1S/C18H25N5O3S2/c1-3-16(24)19-17-20-21-18(27-17)28(25,26)22-13(2)14-7-9-15(10-8-14)23-11-5-4-6-12-23/h7-10,13,22H,3-6,11-12H2,1-2H3,(H,19,20,24). The summed E-state index contributed by atoms with van der Waals surface area (Å²) in [6.45, 7) is 5.62. The van der Waals surface area contributed by atoms with Gasteiger partial charge in [0.15, 0.2) is 0 Å². The minimum absolute atomic E-state index is 0.171.